The van der Waals surface area contributed by atoms with Gasteiger partial charge >= 0.3 is 5.97 Å². The van der Waals surface area contributed by atoms with Crippen molar-refractivity contribution >= 4 is 34.9 Å². The second-order valence-electron chi connectivity index (χ2n) is 6.42. The van der Waals surface area contributed by atoms with E-state index in [1.165, 1.54) is 29.9 Å². The first-order valence-corrected chi connectivity index (χ1v) is 8.93. The minimum Gasteiger partial charge on any atom is -0.478 e. The lowest BCUT2D eigenvalue weighted by atomic mass is 10.2. The van der Waals surface area contributed by atoms with Crippen LogP contribution in [-0.4, -0.2) is 38.6 Å². The fourth-order valence-electron chi connectivity index (χ4n) is 2.77. The van der Waals surface area contributed by atoms with Crippen molar-refractivity contribution in [3.63, 3.8) is 0 Å². The quantitative estimate of drug-likeness (QED) is 0.486. The number of nitrogens with one attached hydrogen (secondary N) is 3. The monoisotopic (exact) mass is 408 g/mol. The molecule has 3 aromatic rings. The lowest BCUT2D eigenvalue weighted by molar-refractivity contribution is 0.0695. The summed E-state index contributed by atoms with van der Waals surface area (Å²) in [6.07, 6.45) is 3.00. The van der Waals surface area contributed by atoms with Crippen molar-refractivity contribution in [3.05, 3.63) is 69.9 Å². The maximum Gasteiger partial charge on any atom is 0.337 e. The van der Waals surface area contributed by atoms with Crippen LogP contribution in [0, 0.1) is 6.92 Å². The fraction of sp³-hybridized carbons (Fsp3) is 0.150. The zero-order chi connectivity index (χ0) is 21.8. The van der Waals surface area contributed by atoms with Gasteiger partial charge in [0.2, 0.25) is 0 Å². The number of amides is 1. The molecule has 154 valence electrons. The number of aryl methyl sites for hydroxylation is 2. The molecule has 30 heavy (non-hydrogen) atoms. The molecule has 1 amide bonds. The largest absolute Gasteiger partial charge is 0.478 e. The molecule has 0 atom stereocenters. The van der Waals surface area contributed by atoms with Crippen LogP contribution in [0.2, 0.25) is 0 Å². The first-order valence-electron chi connectivity index (χ1n) is 8.93. The van der Waals surface area contributed by atoms with Gasteiger partial charge in [0.15, 0.2) is 0 Å². The summed E-state index contributed by atoms with van der Waals surface area (Å²) >= 11 is 0. The van der Waals surface area contributed by atoms with E-state index in [0.29, 0.717) is 28.7 Å². The summed E-state index contributed by atoms with van der Waals surface area (Å²) in [6.45, 7) is 1.59. The standard InChI is InChI=1S/C20H20N6O4/c1-11-12(20(29)30)6-7-16(23-11)25-17-9-15(13(10-22-17)18(27)21-2)24-14-5-4-8-26(3)19(14)28/h4-10H,1-3H3,(H,21,27)(H,29,30)(H2,22,23,24,25). The molecule has 3 rings (SSSR count). The third-order valence-corrected chi connectivity index (χ3v) is 4.34. The summed E-state index contributed by atoms with van der Waals surface area (Å²) in [7, 11) is 3.12. The number of carbonyl (C=O) groups excluding carboxylic acids is 1. The second-order valence-corrected chi connectivity index (χ2v) is 6.42. The van der Waals surface area contributed by atoms with Crippen LogP contribution in [0.1, 0.15) is 26.4 Å². The Morgan fingerprint density at radius 1 is 1.07 bits per heavy atom. The van der Waals surface area contributed by atoms with E-state index >= 15 is 0 Å². The molecular weight excluding hydrogens is 388 g/mol. The summed E-state index contributed by atoms with van der Waals surface area (Å²) in [5.41, 5.74) is 1.11. The molecule has 0 unspecified atom stereocenters. The molecule has 3 aromatic heterocycles. The number of anilines is 4. The van der Waals surface area contributed by atoms with Crippen LogP contribution >= 0.6 is 0 Å². The zero-order valence-corrected chi connectivity index (χ0v) is 16.6. The van der Waals surface area contributed by atoms with Crippen LogP contribution in [0.4, 0.5) is 23.0 Å². The summed E-state index contributed by atoms with van der Waals surface area (Å²) in [5.74, 6) is -0.688. The maximum absolute atomic E-state index is 12.3. The average molecular weight is 408 g/mol. The van der Waals surface area contributed by atoms with E-state index in [1.807, 2.05) is 0 Å². The number of rotatable bonds is 6. The van der Waals surface area contributed by atoms with E-state index < -0.39 is 5.97 Å². The Hall–Kier alpha value is -4.21. The number of carbonyl (C=O) groups is 2. The Kier molecular flexibility index (Phi) is 5.77. The van der Waals surface area contributed by atoms with Crippen LogP contribution in [0.5, 0.6) is 0 Å². The molecule has 0 aliphatic heterocycles. The number of hydrogen-bond acceptors (Lipinski definition) is 7. The van der Waals surface area contributed by atoms with Crippen molar-refractivity contribution in [2.45, 2.75) is 6.92 Å². The fourth-order valence-corrected chi connectivity index (χ4v) is 2.77. The summed E-state index contributed by atoms with van der Waals surface area (Å²) in [6, 6.07) is 7.85. The van der Waals surface area contributed by atoms with Gasteiger partial charge in [0.25, 0.3) is 11.5 Å². The molecule has 0 aromatic carbocycles. The highest BCUT2D eigenvalue weighted by molar-refractivity contribution is 6.00. The molecule has 0 aliphatic carbocycles. The molecule has 10 nitrogen and oxygen atoms in total. The third kappa shape index (κ3) is 4.27. The minimum absolute atomic E-state index is 0.103. The first-order chi connectivity index (χ1) is 14.3. The number of carboxylic acid groups (broad SMARTS) is 1. The molecule has 0 bridgehead atoms. The third-order valence-electron chi connectivity index (χ3n) is 4.34. The van der Waals surface area contributed by atoms with Gasteiger partial charge in [-0.25, -0.2) is 14.8 Å². The SMILES string of the molecule is CNC(=O)c1cnc(Nc2ccc(C(=O)O)c(C)n2)cc1Nc1cccn(C)c1=O. The molecule has 4 N–H and O–H groups in total. The highest BCUT2D eigenvalue weighted by atomic mass is 16.4. The van der Waals surface area contributed by atoms with Gasteiger partial charge in [0.05, 0.1) is 22.5 Å². The highest BCUT2D eigenvalue weighted by Crippen LogP contribution is 2.24. The summed E-state index contributed by atoms with van der Waals surface area (Å²) in [5, 5.41) is 17.6. The number of carboxylic acids is 1. The van der Waals surface area contributed by atoms with Crippen LogP contribution in [-0.2, 0) is 7.05 Å². The van der Waals surface area contributed by atoms with Crippen molar-refractivity contribution in [3.8, 4) is 0 Å². The van der Waals surface area contributed by atoms with Crippen molar-refractivity contribution < 1.29 is 14.7 Å². The van der Waals surface area contributed by atoms with E-state index in [9.17, 15) is 14.4 Å². The van der Waals surface area contributed by atoms with Gasteiger partial charge in [0, 0.05) is 32.6 Å². The van der Waals surface area contributed by atoms with Gasteiger partial charge in [-0.1, -0.05) is 0 Å². The number of aromatic carboxylic acids is 1. The smallest absolute Gasteiger partial charge is 0.337 e. The Labute approximate surface area is 171 Å². The minimum atomic E-state index is -1.06. The summed E-state index contributed by atoms with van der Waals surface area (Å²) < 4.78 is 1.42. The predicted molar refractivity (Wildman–Crippen MR) is 112 cm³/mol. The van der Waals surface area contributed by atoms with Crippen LogP contribution in [0.25, 0.3) is 0 Å². The Morgan fingerprint density at radius 2 is 1.83 bits per heavy atom. The predicted octanol–water partition coefficient (Wildman–Crippen LogP) is 2.03. The molecule has 0 saturated carbocycles. The molecule has 0 aliphatic rings. The zero-order valence-electron chi connectivity index (χ0n) is 16.6. The number of aromatic nitrogens is 3. The molecular formula is C20H20N6O4. The molecule has 0 radical (unpaired) electrons. The van der Waals surface area contributed by atoms with Crippen LogP contribution < -0.4 is 21.5 Å². The Bertz CT molecular complexity index is 1190. The van der Waals surface area contributed by atoms with E-state index in [0.717, 1.165) is 0 Å². The number of pyridine rings is 3. The molecule has 0 fully saturated rings. The maximum atomic E-state index is 12.3. The Morgan fingerprint density at radius 3 is 2.50 bits per heavy atom. The number of nitrogens with zero attached hydrogens (tertiary/aromatic N) is 3. The van der Waals surface area contributed by atoms with Gasteiger partial charge in [-0.15, -0.1) is 0 Å². The molecule has 0 saturated heterocycles. The Balaban J connectivity index is 1.97. The van der Waals surface area contributed by atoms with E-state index in [4.69, 9.17) is 5.11 Å². The second kappa shape index (κ2) is 8.43. The number of hydrogen-bond donors (Lipinski definition) is 4. The topological polar surface area (TPSA) is 138 Å². The van der Waals surface area contributed by atoms with Crippen molar-refractivity contribution in [2.75, 3.05) is 17.7 Å². The van der Waals surface area contributed by atoms with Crippen LogP contribution in [0.15, 0.2) is 47.5 Å². The van der Waals surface area contributed by atoms with Gasteiger partial charge in [0.1, 0.15) is 17.3 Å². The summed E-state index contributed by atoms with van der Waals surface area (Å²) in [4.78, 5) is 44.1. The van der Waals surface area contributed by atoms with Gasteiger partial charge in [-0.2, -0.15) is 0 Å². The molecule has 3 heterocycles. The van der Waals surface area contributed by atoms with E-state index in [2.05, 4.69) is 25.9 Å². The van der Waals surface area contributed by atoms with E-state index in [1.54, 1.807) is 38.4 Å². The normalized spacial score (nSPS) is 10.4. The first kappa shape index (κ1) is 20.5. The van der Waals surface area contributed by atoms with Gasteiger partial charge < -0.3 is 25.6 Å². The van der Waals surface area contributed by atoms with Gasteiger partial charge in [-0.3, -0.25) is 9.59 Å². The van der Waals surface area contributed by atoms with E-state index in [-0.39, 0.29) is 22.6 Å². The van der Waals surface area contributed by atoms with Crippen molar-refractivity contribution in [1.29, 1.82) is 0 Å². The lowest BCUT2D eigenvalue weighted by Crippen LogP contribution is -2.22. The van der Waals surface area contributed by atoms with Gasteiger partial charge in [-0.05, 0) is 31.2 Å². The molecule has 0 spiro atoms. The van der Waals surface area contributed by atoms with Crippen molar-refractivity contribution in [1.82, 2.24) is 19.9 Å². The van der Waals surface area contributed by atoms with Crippen molar-refractivity contribution in [2.24, 2.45) is 7.05 Å². The highest BCUT2D eigenvalue weighted by Gasteiger charge is 2.15. The lowest BCUT2D eigenvalue weighted by Gasteiger charge is -2.14. The van der Waals surface area contributed by atoms with Crippen LogP contribution in [0.3, 0.4) is 0 Å². The molecule has 10 heteroatoms. The average Bonchev–Trinajstić information content (AvgIpc) is 2.71.